The van der Waals surface area contributed by atoms with Gasteiger partial charge in [-0.2, -0.15) is 0 Å². The van der Waals surface area contributed by atoms with E-state index in [0.717, 1.165) is 9.37 Å². The summed E-state index contributed by atoms with van der Waals surface area (Å²) in [6.45, 7) is 7.46. The van der Waals surface area contributed by atoms with Crippen LogP contribution >= 0.6 is 27.7 Å². The Morgan fingerprint density at radius 3 is 2.27 bits per heavy atom. The summed E-state index contributed by atoms with van der Waals surface area (Å²) in [4.78, 5) is 24.7. The number of carbonyl (C=O) groups excluding carboxylic acids is 1. The highest BCUT2D eigenvalue weighted by atomic mass is 79.9. The highest BCUT2D eigenvalue weighted by Crippen LogP contribution is 2.33. The van der Waals surface area contributed by atoms with Gasteiger partial charge in [0.05, 0.1) is 4.75 Å². The minimum Gasteiger partial charge on any atom is -0.480 e. The lowest BCUT2D eigenvalue weighted by Crippen LogP contribution is -2.48. The number of carboxylic acid groups (broad SMARTS) is 1. The Morgan fingerprint density at radius 1 is 1.27 bits per heavy atom. The number of hydrogen-bond donors (Lipinski definition) is 2. The van der Waals surface area contributed by atoms with Crippen molar-refractivity contribution in [2.24, 2.45) is 5.92 Å². The van der Waals surface area contributed by atoms with Gasteiger partial charge in [-0.25, -0.2) is 4.79 Å². The van der Waals surface area contributed by atoms with Gasteiger partial charge in [-0.05, 0) is 50.5 Å². The molecule has 0 unspecified atom stereocenters. The zero-order valence-electron chi connectivity index (χ0n) is 13.2. The second kappa shape index (κ2) is 8.02. The van der Waals surface area contributed by atoms with Crippen LogP contribution in [0.1, 0.15) is 34.1 Å². The number of carbonyl (C=O) groups is 2. The lowest BCUT2D eigenvalue weighted by molar-refractivity contribution is -0.142. The first kappa shape index (κ1) is 19.0. The molecule has 0 heterocycles. The molecule has 0 fully saturated rings. The number of rotatable bonds is 7. The van der Waals surface area contributed by atoms with Crippen LogP contribution in [0.4, 0.5) is 0 Å². The van der Waals surface area contributed by atoms with E-state index in [1.807, 2.05) is 38.1 Å². The molecular weight excluding hydrogens is 366 g/mol. The van der Waals surface area contributed by atoms with E-state index < -0.39 is 16.8 Å². The van der Waals surface area contributed by atoms with Crippen LogP contribution in [-0.2, 0) is 9.59 Å². The first-order valence-corrected chi connectivity index (χ1v) is 8.71. The van der Waals surface area contributed by atoms with Gasteiger partial charge in [0.25, 0.3) is 0 Å². The lowest BCUT2D eigenvalue weighted by atomic mass is 10.0. The number of aliphatic carboxylic acids is 1. The molecule has 6 heteroatoms. The van der Waals surface area contributed by atoms with Crippen LogP contribution in [0.5, 0.6) is 0 Å². The van der Waals surface area contributed by atoms with Gasteiger partial charge >= 0.3 is 5.97 Å². The van der Waals surface area contributed by atoms with Crippen molar-refractivity contribution in [1.29, 1.82) is 0 Å². The van der Waals surface area contributed by atoms with Gasteiger partial charge in [0.1, 0.15) is 6.04 Å². The van der Waals surface area contributed by atoms with Crippen molar-refractivity contribution in [2.75, 3.05) is 0 Å². The predicted octanol–water partition coefficient (Wildman–Crippen LogP) is 3.94. The number of hydrogen-bond acceptors (Lipinski definition) is 3. The minimum atomic E-state index is -0.994. The van der Waals surface area contributed by atoms with E-state index in [9.17, 15) is 14.7 Å². The summed E-state index contributed by atoms with van der Waals surface area (Å²) < 4.78 is 0.223. The van der Waals surface area contributed by atoms with Crippen LogP contribution < -0.4 is 5.32 Å². The van der Waals surface area contributed by atoms with Crippen LogP contribution in [0.25, 0.3) is 0 Å². The molecule has 0 bridgehead atoms. The van der Waals surface area contributed by atoms with Crippen molar-refractivity contribution in [3.63, 3.8) is 0 Å². The largest absolute Gasteiger partial charge is 0.480 e. The summed E-state index contributed by atoms with van der Waals surface area (Å²) >= 11 is 4.78. The standard InChI is InChI=1S/C16H22BrNO3S/c1-10(2)9-13(14(19)20)18-15(21)16(3,4)22-12-7-5-11(17)6-8-12/h5-8,10,13H,9H2,1-4H3,(H,18,21)(H,19,20)/t13-/m1/s1. The summed E-state index contributed by atoms with van der Waals surface area (Å²) in [7, 11) is 0. The molecule has 2 N–H and O–H groups in total. The van der Waals surface area contributed by atoms with E-state index >= 15 is 0 Å². The monoisotopic (exact) mass is 387 g/mol. The first-order chi connectivity index (χ1) is 10.1. The van der Waals surface area contributed by atoms with Crippen LogP contribution in [0.3, 0.4) is 0 Å². The van der Waals surface area contributed by atoms with Crippen LogP contribution in [0, 0.1) is 5.92 Å². The molecular formula is C16H22BrNO3S. The Balaban J connectivity index is 2.76. The van der Waals surface area contributed by atoms with Crippen LogP contribution in [0.2, 0.25) is 0 Å². The maximum atomic E-state index is 12.4. The van der Waals surface area contributed by atoms with Crippen molar-refractivity contribution in [3.8, 4) is 0 Å². The Kier molecular flexibility index (Phi) is 6.94. The van der Waals surface area contributed by atoms with E-state index in [1.54, 1.807) is 13.8 Å². The molecule has 1 rings (SSSR count). The van der Waals surface area contributed by atoms with Gasteiger partial charge < -0.3 is 10.4 Å². The highest BCUT2D eigenvalue weighted by molar-refractivity contribution is 9.10. The molecule has 0 saturated heterocycles. The molecule has 0 aliphatic rings. The number of benzene rings is 1. The van der Waals surface area contributed by atoms with Gasteiger partial charge in [-0.15, -0.1) is 11.8 Å². The van der Waals surface area contributed by atoms with E-state index in [-0.39, 0.29) is 11.8 Å². The average Bonchev–Trinajstić information content (AvgIpc) is 2.39. The van der Waals surface area contributed by atoms with Crippen LogP contribution in [-0.4, -0.2) is 27.8 Å². The molecule has 0 spiro atoms. The second-order valence-corrected chi connectivity index (χ2v) is 8.67. The summed E-state index contributed by atoms with van der Waals surface area (Å²) in [6.07, 6.45) is 0.417. The van der Waals surface area contributed by atoms with Crippen molar-refractivity contribution in [3.05, 3.63) is 28.7 Å². The molecule has 0 aliphatic heterocycles. The number of thioether (sulfide) groups is 1. The zero-order chi connectivity index (χ0) is 16.9. The number of halogens is 1. The van der Waals surface area contributed by atoms with Crippen molar-refractivity contribution < 1.29 is 14.7 Å². The van der Waals surface area contributed by atoms with Crippen molar-refractivity contribution in [1.82, 2.24) is 5.32 Å². The van der Waals surface area contributed by atoms with Gasteiger partial charge in [-0.3, -0.25) is 4.79 Å². The van der Waals surface area contributed by atoms with Crippen molar-refractivity contribution >= 4 is 39.6 Å². The molecule has 0 aromatic heterocycles. The fourth-order valence-electron chi connectivity index (χ4n) is 1.87. The zero-order valence-corrected chi connectivity index (χ0v) is 15.6. The first-order valence-electron chi connectivity index (χ1n) is 7.10. The average molecular weight is 388 g/mol. The van der Waals surface area contributed by atoms with E-state index in [1.165, 1.54) is 11.8 Å². The Bertz CT molecular complexity index is 529. The molecule has 0 aliphatic carbocycles. The van der Waals surface area contributed by atoms with Gasteiger partial charge in [0.2, 0.25) is 5.91 Å². The van der Waals surface area contributed by atoms with Gasteiger partial charge in [-0.1, -0.05) is 29.8 Å². The molecule has 122 valence electrons. The molecule has 1 aromatic rings. The Hall–Kier alpha value is -1.01. The smallest absolute Gasteiger partial charge is 0.326 e. The summed E-state index contributed by atoms with van der Waals surface area (Å²) in [5, 5.41) is 11.9. The third-order valence-electron chi connectivity index (χ3n) is 3.04. The SMILES string of the molecule is CC(C)C[C@@H](NC(=O)C(C)(C)Sc1ccc(Br)cc1)C(=O)O. The minimum absolute atomic E-state index is 0.198. The molecule has 0 radical (unpaired) electrons. The molecule has 1 aromatic carbocycles. The highest BCUT2D eigenvalue weighted by Gasteiger charge is 2.32. The topological polar surface area (TPSA) is 66.4 Å². The fraction of sp³-hybridized carbons (Fsp3) is 0.500. The third-order valence-corrected chi connectivity index (χ3v) is 4.78. The van der Waals surface area contributed by atoms with E-state index in [0.29, 0.717) is 6.42 Å². The molecule has 22 heavy (non-hydrogen) atoms. The molecule has 1 atom stereocenters. The summed E-state index contributed by atoms with van der Waals surface area (Å²) in [5.74, 6) is -1.07. The van der Waals surface area contributed by atoms with E-state index in [2.05, 4.69) is 21.2 Å². The Labute approximate surface area is 144 Å². The van der Waals surface area contributed by atoms with E-state index in [4.69, 9.17) is 0 Å². The number of carboxylic acids is 1. The quantitative estimate of drug-likeness (QED) is 0.695. The van der Waals surface area contributed by atoms with Gasteiger partial charge in [0, 0.05) is 9.37 Å². The lowest BCUT2D eigenvalue weighted by Gasteiger charge is -2.26. The summed E-state index contributed by atoms with van der Waals surface area (Å²) in [5.41, 5.74) is 0. The number of nitrogens with one attached hydrogen (secondary N) is 1. The number of amides is 1. The maximum Gasteiger partial charge on any atom is 0.326 e. The molecule has 1 amide bonds. The second-order valence-electron chi connectivity index (χ2n) is 6.06. The third kappa shape index (κ3) is 6.01. The molecule has 0 saturated carbocycles. The Morgan fingerprint density at radius 2 is 1.82 bits per heavy atom. The summed E-state index contributed by atoms with van der Waals surface area (Å²) in [6, 6.07) is 6.82. The fourth-order valence-corrected chi connectivity index (χ4v) is 3.15. The van der Waals surface area contributed by atoms with Gasteiger partial charge in [0.15, 0.2) is 0 Å². The molecule has 4 nitrogen and oxygen atoms in total. The maximum absolute atomic E-state index is 12.4. The van der Waals surface area contributed by atoms with Crippen molar-refractivity contribution in [2.45, 2.75) is 49.8 Å². The normalized spacial score (nSPS) is 13.0. The van der Waals surface area contributed by atoms with Crippen LogP contribution in [0.15, 0.2) is 33.6 Å². The predicted molar refractivity (Wildman–Crippen MR) is 93.1 cm³/mol.